The summed E-state index contributed by atoms with van der Waals surface area (Å²) in [7, 11) is 1.61. The van der Waals surface area contributed by atoms with Gasteiger partial charge in [-0.3, -0.25) is 9.69 Å². The summed E-state index contributed by atoms with van der Waals surface area (Å²) in [6.45, 7) is 6.79. The predicted molar refractivity (Wildman–Crippen MR) is 96.0 cm³/mol. The van der Waals surface area contributed by atoms with Gasteiger partial charge in [-0.2, -0.15) is 0 Å². The van der Waals surface area contributed by atoms with E-state index in [1.165, 1.54) is 0 Å². The standard InChI is InChI=1S/C17H26ClN3O3/c1-13(12-21-7-9-24-10-8-21)20-17(22)5-6-19-15-11-14(18)3-4-16(15)23-2/h3-4,11,13,19H,5-10,12H2,1-2H3,(H,20,22)/t13-/m1/s1. The average molecular weight is 356 g/mol. The molecule has 1 aliphatic heterocycles. The maximum Gasteiger partial charge on any atom is 0.222 e. The molecule has 1 saturated heterocycles. The van der Waals surface area contributed by atoms with Gasteiger partial charge in [0.05, 0.1) is 26.0 Å². The van der Waals surface area contributed by atoms with E-state index >= 15 is 0 Å². The normalized spacial score (nSPS) is 16.5. The molecule has 2 rings (SSSR count). The summed E-state index contributed by atoms with van der Waals surface area (Å²) in [4.78, 5) is 14.4. The number of benzene rings is 1. The van der Waals surface area contributed by atoms with Gasteiger partial charge in [0, 0.05) is 43.7 Å². The van der Waals surface area contributed by atoms with Crippen LogP contribution in [0.4, 0.5) is 5.69 Å². The molecule has 2 N–H and O–H groups in total. The first kappa shape index (κ1) is 18.8. The lowest BCUT2D eigenvalue weighted by atomic mass is 10.2. The van der Waals surface area contributed by atoms with Gasteiger partial charge in [-0.05, 0) is 25.1 Å². The lowest BCUT2D eigenvalue weighted by Crippen LogP contribution is -2.46. The summed E-state index contributed by atoms with van der Waals surface area (Å²) in [5, 5.41) is 6.85. The van der Waals surface area contributed by atoms with E-state index in [2.05, 4.69) is 15.5 Å². The number of nitrogens with zero attached hydrogens (tertiary/aromatic N) is 1. The monoisotopic (exact) mass is 355 g/mol. The third kappa shape index (κ3) is 6.19. The van der Waals surface area contributed by atoms with Crippen LogP contribution in [0.15, 0.2) is 18.2 Å². The van der Waals surface area contributed by atoms with Crippen molar-refractivity contribution < 1.29 is 14.3 Å². The Hall–Kier alpha value is -1.50. The summed E-state index contributed by atoms with van der Waals surface area (Å²) < 4.78 is 10.6. The molecule has 0 radical (unpaired) electrons. The van der Waals surface area contributed by atoms with Crippen molar-refractivity contribution in [3.8, 4) is 5.75 Å². The van der Waals surface area contributed by atoms with E-state index in [-0.39, 0.29) is 11.9 Å². The summed E-state index contributed by atoms with van der Waals surface area (Å²) in [6, 6.07) is 5.48. The Bertz CT molecular complexity index is 536. The van der Waals surface area contributed by atoms with Crippen LogP contribution in [-0.2, 0) is 9.53 Å². The Morgan fingerprint density at radius 2 is 2.17 bits per heavy atom. The van der Waals surface area contributed by atoms with Crippen LogP contribution < -0.4 is 15.4 Å². The average Bonchev–Trinajstić information content (AvgIpc) is 2.56. The zero-order valence-electron chi connectivity index (χ0n) is 14.3. The van der Waals surface area contributed by atoms with Crippen LogP contribution in [0, 0.1) is 0 Å². The Balaban J connectivity index is 1.70. The molecular weight excluding hydrogens is 330 g/mol. The van der Waals surface area contributed by atoms with E-state index < -0.39 is 0 Å². The molecule has 1 atom stereocenters. The van der Waals surface area contributed by atoms with Crippen molar-refractivity contribution in [2.24, 2.45) is 0 Å². The number of ether oxygens (including phenoxy) is 2. The minimum absolute atomic E-state index is 0.0317. The van der Waals surface area contributed by atoms with Gasteiger partial charge >= 0.3 is 0 Å². The lowest BCUT2D eigenvalue weighted by molar-refractivity contribution is -0.121. The topological polar surface area (TPSA) is 62.8 Å². The molecule has 134 valence electrons. The van der Waals surface area contributed by atoms with Gasteiger partial charge in [0.15, 0.2) is 0 Å². The molecule has 7 heteroatoms. The number of carbonyl (C=O) groups is 1. The molecule has 6 nitrogen and oxygen atoms in total. The van der Waals surface area contributed by atoms with Crippen molar-refractivity contribution in [1.29, 1.82) is 0 Å². The zero-order valence-corrected chi connectivity index (χ0v) is 15.1. The SMILES string of the molecule is COc1ccc(Cl)cc1NCCC(=O)N[C@H](C)CN1CCOCC1. The highest BCUT2D eigenvalue weighted by molar-refractivity contribution is 6.30. The number of hydrogen-bond donors (Lipinski definition) is 2. The van der Waals surface area contributed by atoms with Crippen LogP contribution in [0.3, 0.4) is 0 Å². The van der Waals surface area contributed by atoms with Crippen molar-refractivity contribution in [3.05, 3.63) is 23.2 Å². The summed E-state index contributed by atoms with van der Waals surface area (Å²) in [5.41, 5.74) is 0.791. The van der Waals surface area contributed by atoms with Gasteiger partial charge in [0.1, 0.15) is 5.75 Å². The number of halogens is 1. The number of anilines is 1. The van der Waals surface area contributed by atoms with Crippen molar-refractivity contribution in [2.45, 2.75) is 19.4 Å². The highest BCUT2D eigenvalue weighted by atomic mass is 35.5. The van der Waals surface area contributed by atoms with Gasteiger partial charge in [0.25, 0.3) is 0 Å². The molecule has 1 aromatic rings. The van der Waals surface area contributed by atoms with Crippen molar-refractivity contribution in [3.63, 3.8) is 0 Å². The Kier molecular flexibility index (Phi) is 7.62. The van der Waals surface area contributed by atoms with Crippen LogP contribution >= 0.6 is 11.6 Å². The third-order valence-electron chi connectivity index (χ3n) is 3.87. The van der Waals surface area contributed by atoms with Crippen LogP contribution in [0.5, 0.6) is 5.75 Å². The molecule has 24 heavy (non-hydrogen) atoms. The maximum atomic E-state index is 12.1. The smallest absolute Gasteiger partial charge is 0.222 e. The third-order valence-corrected chi connectivity index (χ3v) is 4.11. The molecule has 1 aliphatic rings. The first-order chi connectivity index (χ1) is 11.6. The number of nitrogens with one attached hydrogen (secondary N) is 2. The first-order valence-corrected chi connectivity index (χ1v) is 8.63. The molecule has 0 spiro atoms. The van der Waals surface area contributed by atoms with Crippen molar-refractivity contribution in [2.75, 3.05) is 51.8 Å². The van der Waals surface area contributed by atoms with Gasteiger partial charge in [-0.15, -0.1) is 0 Å². The van der Waals surface area contributed by atoms with Gasteiger partial charge in [0.2, 0.25) is 5.91 Å². The molecule has 0 saturated carbocycles. The predicted octanol–water partition coefficient (Wildman–Crippen LogP) is 1.99. The molecule has 1 aromatic carbocycles. The minimum atomic E-state index is 0.0317. The van der Waals surface area contributed by atoms with Gasteiger partial charge in [-0.1, -0.05) is 11.6 Å². The van der Waals surface area contributed by atoms with E-state index in [0.29, 0.717) is 23.7 Å². The molecule has 1 heterocycles. The maximum absolute atomic E-state index is 12.1. The molecule has 1 fully saturated rings. The highest BCUT2D eigenvalue weighted by Crippen LogP contribution is 2.27. The fourth-order valence-electron chi connectivity index (χ4n) is 2.69. The Morgan fingerprint density at radius 1 is 1.42 bits per heavy atom. The number of rotatable bonds is 8. The first-order valence-electron chi connectivity index (χ1n) is 8.25. The largest absolute Gasteiger partial charge is 0.495 e. The number of morpholine rings is 1. The second-order valence-corrected chi connectivity index (χ2v) is 6.34. The second kappa shape index (κ2) is 9.71. The number of carbonyl (C=O) groups excluding carboxylic acids is 1. The van der Waals surface area contributed by atoms with Crippen LogP contribution in [0.1, 0.15) is 13.3 Å². The Labute approximate surface area is 148 Å². The van der Waals surface area contributed by atoms with Crippen molar-refractivity contribution in [1.82, 2.24) is 10.2 Å². The number of methoxy groups -OCH3 is 1. The molecule has 1 amide bonds. The van der Waals surface area contributed by atoms with Crippen LogP contribution in [-0.4, -0.2) is 63.4 Å². The second-order valence-electron chi connectivity index (χ2n) is 5.90. The molecule has 0 unspecified atom stereocenters. The fraction of sp³-hybridized carbons (Fsp3) is 0.588. The van der Waals surface area contributed by atoms with Crippen LogP contribution in [0.2, 0.25) is 5.02 Å². The van der Waals surface area contributed by atoms with E-state index in [0.717, 1.165) is 38.5 Å². The van der Waals surface area contributed by atoms with E-state index in [1.54, 1.807) is 25.3 Å². The lowest BCUT2D eigenvalue weighted by Gasteiger charge is -2.29. The molecule has 0 bridgehead atoms. The molecular formula is C17H26ClN3O3. The number of hydrogen-bond acceptors (Lipinski definition) is 5. The summed E-state index contributed by atoms with van der Waals surface area (Å²) in [5.74, 6) is 0.741. The molecule has 0 aromatic heterocycles. The van der Waals surface area contributed by atoms with Crippen LogP contribution in [0.25, 0.3) is 0 Å². The van der Waals surface area contributed by atoms with Gasteiger partial charge in [-0.25, -0.2) is 0 Å². The Morgan fingerprint density at radius 3 is 2.88 bits per heavy atom. The fourth-order valence-corrected chi connectivity index (χ4v) is 2.86. The summed E-state index contributed by atoms with van der Waals surface area (Å²) >= 11 is 5.99. The highest BCUT2D eigenvalue weighted by Gasteiger charge is 2.15. The van der Waals surface area contributed by atoms with Gasteiger partial charge < -0.3 is 20.1 Å². The summed E-state index contributed by atoms with van der Waals surface area (Å²) in [6.07, 6.45) is 0.392. The number of amides is 1. The van der Waals surface area contributed by atoms with E-state index in [4.69, 9.17) is 21.1 Å². The zero-order chi connectivity index (χ0) is 17.4. The minimum Gasteiger partial charge on any atom is -0.495 e. The van der Waals surface area contributed by atoms with Crippen molar-refractivity contribution >= 4 is 23.2 Å². The van der Waals surface area contributed by atoms with E-state index in [1.807, 2.05) is 6.92 Å². The van der Waals surface area contributed by atoms with E-state index in [9.17, 15) is 4.79 Å². The molecule has 0 aliphatic carbocycles. The quantitative estimate of drug-likeness (QED) is 0.746.